The van der Waals surface area contributed by atoms with Crippen LogP contribution in [0, 0.1) is 6.92 Å². The fourth-order valence-electron chi connectivity index (χ4n) is 3.29. The lowest BCUT2D eigenvalue weighted by molar-refractivity contribution is 0.232. The minimum Gasteiger partial charge on any atom is -0.361 e. The molecular formula is C17H18N4O2. The van der Waals surface area contributed by atoms with Gasteiger partial charge in [-0.25, -0.2) is 4.98 Å². The van der Waals surface area contributed by atoms with Crippen molar-refractivity contribution in [1.29, 1.82) is 0 Å². The number of likely N-dealkylation sites (tertiary alicyclic amines) is 1. The largest absolute Gasteiger partial charge is 0.361 e. The van der Waals surface area contributed by atoms with Gasteiger partial charge < -0.3 is 9.51 Å². The molecule has 6 nitrogen and oxygen atoms in total. The van der Waals surface area contributed by atoms with Gasteiger partial charge in [0, 0.05) is 12.6 Å². The van der Waals surface area contributed by atoms with Crippen molar-refractivity contribution in [3.63, 3.8) is 0 Å². The molecule has 23 heavy (non-hydrogen) atoms. The molecule has 1 aliphatic heterocycles. The van der Waals surface area contributed by atoms with Crippen molar-refractivity contribution in [2.24, 2.45) is 0 Å². The van der Waals surface area contributed by atoms with Gasteiger partial charge in [0.25, 0.3) is 5.56 Å². The number of hydrogen-bond acceptors (Lipinski definition) is 5. The maximum Gasteiger partial charge on any atom is 0.258 e. The van der Waals surface area contributed by atoms with Crippen LogP contribution in [0.5, 0.6) is 0 Å². The first-order valence-corrected chi connectivity index (χ1v) is 7.86. The minimum atomic E-state index is -0.0743. The van der Waals surface area contributed by atoms with Gasteiger partial charge in [0.1, 0.15) is 11.6 Å². The van der Waals surface area contributed by atoms with Crippen LogP contribution < -0.4 is 5.56 Å². The highest BCUT2D eigenvalue weighted by Gasteiger charge is 2.29. The van der Waals surface area contributed by atoms with Gasteiger partial charge in [0.05, 0.1) is 22.6 Å². The van der Waals surface area contributed by atoms with Crippen LogP contribution in [-0.2, 0) is 6.54 Å². The minimum absolute atomic E-state index is 0.0743. The van der Waals surface area contributed by atoms with Crippen LogP contribution >= 0.6 is 0 Å². The van der Waals surface area contributed by atoms with Crippen LogP contribution in [0.15, 0.2) is 39.6 Å². The molecule has 0 bridgehead atoms. The fourth-order valence-corrected chi connectivity index (χ4v) is 3.29. The molecule has 1 fully saturated rings. The fraction of sp³-hybridized carbons (Fsp3) is 0.353. The van der Waals surface area contributed by atoms with E-state index in [1.165, 1.54) is 0 Å². The van der Waals surface area contributed by atoms with Crippen molar-refractivity contribution in [3.8, 4) is 0 Å². The van der Waals surface area contributed by atoms with Crippen LogP contribution in [0.2, 0.25) is 0 Å². The van der Waals surface area contributed by atoms with E-state index in [-0.39, 0.29) is 11.6 Å². The molecule has 118 valence electrons. The van der Waals surface area contributed by atoms with Crippen LogP contribution in [0.1, 0.15) is 36.2 Å². The summed E-state index contributed by atoms with van der Waals surface area (Å²) in [4.78, 5) is 22.2. The topological polar surface area (TPSA) is 75.0 Å². The monoisotopic (exact) mass is 310 g/mol. The number of rotatable bonds is 3. The molecule has 0 amide bonds. The average molecular weight is 310 g/mol. The highest BCUT2D eigenvalue weighted by molar-refractivity contribution is 5.77. The van der Waals surface area contributed by atoms with Crippen LogP contribution in [-0.4, -0.2) is 26.6 Å². The van der Waals surface area contributed by atoms with Gasteiger partial charge in [0.2, 0.25) is 0 Å². The standard InChI is InChI=1S/C17H18N4O2/c1-11-9-12(20-23-11)10-21-8-4-7-15(21)16-18-14-6-3-2-5-13(14)17(22)19-16/h2-3,5-6,9,15H,4,7-8,10H2,1H3,(H,18,19,22). The van der Waals surface area contributed by atoms with Crippen molar-refractivity contribution in [2.45, 2.75) is 32.4 Å². The second-order valence-corrected chi connectivity index (χ2v) is 6.03. The van der Waals surface area contributed by atoms with Crippen molar-refractivity contribution >= 4 is 10.9 Å². The van der Waals surface area contributed by atoms with Gasteiger partial charge >= 0.3 is 0 Å². The summed E-state index contributed by atoms with van der Waals surface area (Å²) in [6, 6.07) is 9.51. The maximum absolute atomic E-state index is 12.3. The van der Waals surface area contributed by atoms with Gasteiger partial charge in [0.15, 0.2) is 0 Å². The second-order valence-electron chi connectivity index (χ2n) is 6.03. The lowest BCUT2D eigenvalue weighted by Gasteiger charge is -2.22. The Hall–Kier alpha value is -2.47. The van der Waals surface area contributed by atoms with Crippen molar-refractivity contribution in [3.05, 3.63) is 58.0 Å². The Kier molecular flexibility index (Phi) is 3.46. The van der Waals surface area contributed by atoms with Crippen molar-refractivity contribution < 1.29 is 4.52 Å². The molecule has 0 saturated carbocycles. The molecule has 1 aromatic carbocycles. The average Bonchev–Trinajstić information content (AvgIpc) is 3.17. The van der Waals surface area contributed by atoms with E-state index in [1.54, 1.807) is 6.07 Å². The Labute approximate surface area is 133 Å². The number of benzene rings is 1. The van der Waals surface area contributed by atoms with Gasteiger partial charge in [-0.05, 0) is 38.4 Å². The second kappa shape index (κ2) is 5.62. The molecule has 4 rings (SSSR count). The maximum atomic E-state index is 12.3. The molecule has 0 aliphatic carbocycles. The first-order chi connectivity index (χ1) is 11.2. The van der Waals surface area contributed by atoms with E-state index in [4.69, 9.17) is 4.52 Å². The molecular weight excluding hydrogens is 292 g/mol. The van der Waals surface area contributed by atoms with E-state index in [0.29, 0.717) is 11.9 Å². The van der Waals surface area contributed by atoms with E-state index in [0.717, 1.165) is 42.2 Å². The third-order valence-electron chi connectivity index (χ3n) is 4.35. The number of para-hydroxylation sites is 1. The molecule has 1 N–H and O–H groups in total. The molecule has 1 atom stereocenters. The van der Waals surface area contributed by atoms with Crippen molar-refractivity contribution in [2.75, 3.05) is 6.54 Å². The van der Waals surface area contributed by atoms with Gasteiger partial charge in [-0.15, -0.1) is 0 Å². The summed E-state index contributed by atoms with van der Waals surface area (Å²) in [7, 11) is 0. The van der Waals surface area contributed by atoms with E-state index in [2.05, 4.69) is 20.0 Å². The predicted octanol–water partition coefficient (Wildman–Crippen LogP) is 2.56. The molecule has 6 heteroatoms. The first kappa shape index (κ1) is 14.1. The SMILES string of the molecule is Cc1cc(CN2CCCC2c2nc3ccccc3c(=O)[nH]2)no1. The van der Waals surface area contributed by atoms with Crippen LogP contribution in [0.3, 0.4) is 0 Å². The lowest BCUT2D eigenvalue weighted by atomic mass is 10.2. The Morgan fingerprint density at radius 2 is 2.26 bits per heavy atom. The predicted molar refractivity (Wildman–Crippen MR) is 86.0 cm³/mol. The van der Waals surface area contributed by atoms with Crippen LogP contribution in [0.25, 0.3) is 10.9 Å². The molecule has 1 aliphatic rings. The smallest absolute Gasteiger partial charge is 0.258 e. The number of aromatic amines is 1. The van der Waals surface area contributed by atoms with E-state index < -0.39 is 0 Å². The van der Waals surface area contributed by atoms with Gasteiger partial charge in [-0.2, -0.15) is 0 Å². The molecule has 0 radical (unpaired) electrons. The Balaban J connectivity index is 1.67. The zero-order valence-electron chi connectivity index (χ0n) is 13.0. The number of fused-ring (bicyclic) bond motifs is 1. The summed E-state index contributed by atoms with van der Waals surface area (Å²) in [5, 5.41) is 4.70. The lowest BCUT2D eigenvalue weighted by Crippen LogP contribution is -2.26. The quantitative estimate of drug-likeness (QED) is 0.804. The van der Waals surface area contributed by atoms with Crippen LogP contribution in [0.4, 0.5) is 0 Å². The Morgan fingerprint density at radius 1 is 1.39 bits per heavy atom. The number of aryl methyl sites for hydroxylation is 1. The molecule has 2 aromatic heterocycles. The van der Waals surface area contributed by atoms with Gasteiger partial charge in [-0.3, -0.25) is 9.69 Å². The first-order valence-electron chi connectivity index (χ1n) is 7.86. The van der Waals surface area contributed by atoms with Crippen molar-refractivity contribution in [1.82, 2.24) is 20.0 Å². The Morgan fingerprint density at radius 3 is 3.09 bits per heavy atom. The summed E-state index contributed by atoms with van der Waals surface area (Å²) >= 11 is 0. The van der Waals surface area contributed by atoms with Gasteiger partial charge in [-0.1, -0.05) is 17.3 Å². The third kappa shape index (κ3) is 2.66. The number of hydrogen-bond donors (Lipinski definition) is 1. The third-order valence-corrected chi connectivity index (χ3v) is 4.35. The normalized spacial score (nSPS) is 18.7. The summed E-state index contributed by atoms with van der Waals surface area (Å²) in [6.07, 6.45) is 2.07. The molecule has 1 saturated heterocycles. The number of nitrogens with zero attached hydrogens (tertiary/aromatic N) is 3. The number of H-pyrrole nitrogens is 1. The summed E-state index contributed by atoms with van der Waals surface area (Å²) in [5.74, 6) is 1.56. The number of nitrogens with one attached hydrogen (secondary N) is 1. The van der Waals surface area contributed by atoms with E-state index in [1.807, 2.05) is 31.2 Å². The molecule has 1 unspecified atom stereocenters. The molecule has 3 heterocycles. The highest BCUT2D eigenvalue weighted by Crippen LogP contribution is 2.31. The zero-order valence-corrected chi connectivity index (χ0v) is 13.0. The molecule has 0 spiro atoms. The summed E-state index contributed by atoms with van der Waals surface area (Å²) in [6.45, 7) is 3.56. The molecule has 3 aromatic rings. The highest BCUT2D eigenvalue weighted by atomic mass is 16.5. The zero-order chi connectivity index (χ0) is 15.8. The summed E-state index contributed by atoms with van der Waals surface area (Å²) < 4.78 is 5.14. The number of aromatic nitrogens is 3. The Bertz CT molecular complexity index is 899. The van der Waals surface area contributed by atoms with E-state index >= 15 is 0 Å². The van der Waals surface area contributed by atoms with E-state index in [9.17, 15) is 4.79 Å². The summed E-state index contributed by atoms with van der Waals surface area (Å²) in [5.41, 5.74) is 1.59.